The first-order chi connectivity index (χ1) is 7.17. The number of rotatable bonds is 4. The van der Waals surface area contributed by atoms with E-state index < -0.39 is 35.2 Å². The van der Waals surface area contributed by atoms with Crippen molar-refractivity contribution in [3.8, 4) is 0 Å². The molecule has 0 radical (unpaired) electrons. The van der Waals surface area contributed by atoms with Crippen molar-refractivity contribution in [2.24, 2.45) is 0 Å². The zero-order valence-electron chi connectivity index (χ0n) is 7.44. The second-order valence-corrected chi connectivity index (χ2v) is 4.22. The Kier molecular flexibility index (Phi) is 4.55. The van der Waals surface area contributed by atoms with E-state index in [-0.39, 0.29) is 0 Å². The van der Waals surface area contributed by atoms with Crippen LogP contribution >= 0.6 is 23.2 Å². The first-order valence-corrected chi connectivity index (χ1v) is 4.52. The van der Waals surface area contributed by atoms with Crippen LogP contribution in [0.15, 0.2) is 0 Å². The molecule has 0 aromatic rings. The molecule has 0 aromatic heterocycles. The van der Waals surface area contributed by atoms with E-state index in [1.165, 1.54) is 0 Å². The van der Waals surface area contributed by atoms with Gasteiger partial charge in [0.15, 0.2) is 0 Å². The molecule has 17 heavy (non-hydrogen) atoms. The third-order valence-corrected chi connectivity index (χ3v) is 1.93. The summed E-state index contributed by atoms with van der Waals surface area (Å²) in [4.78, 5) is -2.22. The van der Waals surface area contributed by atoms with E-state index >= 15 is 0 Å². The van der Waals surface area contributed by atoms with Gasteiger partial charge in [-0.25, -0.2) is 0 Å². The van der Waals surface area contributed by atoms with Crippen molar-refractivity contribution < 1.29 is 39.5 Å². The summed E-state index contributed by atoms with van der Waals surface area (Å²) in [6.45, 7) is 0. The number of hydrogen-bond acceptors (Lipinski definition) is 0. The van der Waals surface area contributed by atoms with Gasteiger partial charge in [-0.3, -0.25) is 0 Å². The van der Waals surface area contributed by atoms with Crippen LogP contribution in [0.5, 0.6) is 0 Å². The summed E-state index contributed by atoms with van der Waals surface area (Å²) in [6, 6.07) is 0. The minimum absolute atomic E-state index is 2.22. The fourth-order valence-corrected chi connectivity index (χ4v) is 1.12. The van der Waals surface area contributed by atoms with Crippen molar-refractivity contribution in [1.29, 1.82) is 0 Å². The maximum Gasteiger partial charge on any atom is 0.460 e. The molecular formula is C6H3Cl2F9. The zero-order chi connectivity index (χ0) is 14.3. The molecule has 0 N–H and O–H groups in total. The molecule has 0 aliphatic heterocycles. The molecule has 11 heteroatoms. The van der Waals surface area contributed by atoms with Gasteiger partial charge < -0.3 is 0 Å². The second-order valence-electron chi connectivity index (χ2n) is 2.95. The van der Waals surface area contributed by atoms with E-state index in [0.717, 1.165) is 0 Å². The maximum atomic E-state index is 12.6. The Bertz CT molecular complexity index is 269. The second kappa shape index (κ2) is 4.56. The highest BCUT2D eigenvalue weighted by Gasteiger charge is 2.81. The van der Waals surface area contributed by atoms with Crippen LogP contribution in [-0.2, 0) is 0 Å². The quantitative estimate of drug-likeness (QED) is 0.523. The molecule has 0 saturated carbocycles. The Morgan fingerprint density at radius 1 is 0.706 bits per heavy atom. The Balaban J connectivity index is 5.39. The monoisotopic (exact) mass is 316 g/mol. The van der Waals surface area contributed by atoms with Gasteiger partial charge >= 0.3 is 23.9 Å². The van der Waals surface area contributed by atoms with Gasteiger partial charge in [0, 0.05) is 6.42 Å². The van der Waals surface area contributed by atoms with E-state index in [1.807, 2.05) is 0 Å². The average molecular weight is 317 g/mol. The molecule has 0 nitrogen and oxygen atoms in total. The van der Waals surface area contributed by atoms with Gasteiger partial charge in [-0.1, -0.05) is 0 Å². The predicted molar refractivity (Wildman–Crippen MR) is 41.0 cm³/mol. The van der Waals surface area contributed by atoms with Crippen LogP contribution in [0.1, 0.15) is 6.42 Å². The smallest absolute Gasteiger partial charge is 0.200 e. The standard InChI is InChI=1S/C6H3Cl2F9/c7-2(8)1-3(9,10)4(11,12)5(13,14)6(15,16)17/h2H,1H2. The lowest BCUT2D eigenvalue weighted by Crippen LogP contribution is -2.61. The van der Waals surface area contributed by atoms with E-state index in [9.17, 15) is 39.5 Å². The number of alkyl halides is 11. The van der Waals surface area contributed by atoms with E-state index in [0.29, 0.717) is 0 Å². The molecule has 0 saturated heterocycles. The molecule has 0 aromatic carbocycles. The van der Waals surface area contributed by atoms with Crippen LogP contribution in [0.3, 0.4) is 0 Å². The van der Waals surface area contributed by atoms with Crippen LogP contribution in [-0.4, -0.2) is 28.8 Å². The summed E-state index contributed by atoms with van der Waals surface area (Å²) < 4.78 is 109. The summed E-state index contributed by atoms with van der Waals surface area (Å²) >= 11 is 9.32. The Hall–Kier alpha value is -0.0500. The predicted octanol–water partition coefficient (Wildman–Crippen LogP) is 4.65. The third-order valence-electron chi connectivity index (χ3n) is 1.62. The minimum atomic E-state index is -6.90. The van der Waals surface area contributed by atoms with Crippen LogP contribution in [0, 0.1) is 0 Å². The molecule has 0 fully saturated rings. The third kappa shape index (κ3) is 3.04. The normalized spacial score (nSPS) is 15.5. The molecule has 0 bridgehead atoms. The summed E-state index contributed by atoms with van der Waals surface area (Å²) in [7, 11) is 0. The van der Waals surface area contributed by atoms with E-state index in [1.54, 1.807) is 0 Å². The van der Waals surface area contributed by atoms with Crippen molar-refractivity contribution in [2.75, 3.05) is 0 Å². The average Bonchev–Trinajstić information content (AvgIpc) is 1.98. The van der Waals surface area contributed by atoms with Gasteiger partial charge in [0.05, 0.1) is 0 Å². The lowest BCUT2D eigenvalue weighted by molar-refractivity contribution is -0.396. The van der Waals surface area contributed by atoms with Gasteiger partial charge in [-0.05, 0) is 0 Å². The van der Waals surface area contributed by atoms with Crippen LogP contribution < -0.4 is 0 Å². The SMILES string of the molecule is FC(F)(F)C(F)(F)C(F)(F)C(F)(F)CC(Cl)Cl. The van der Waals surface area contributed by atoms with Crippen molar-refractivity contribution >= 4 is 23.2 Å². The van der Waals surface area contributed by atoms with Crippen LogP contribution in [0.2, 0.25) is 0 Å². The molecular weight excluding hydrogens is 314 g/mol. The Morgan fingerprint density at radius 3 is 1.29 bits per heavy atom. The van der Waals surface area contributed by atoms with Crippen molar-refractivity contribution in [3.63, 3.8) is 0 Å². The molecule has 0 rings (SSSR count). The molecule has 104 valence electrons. The fourth-order valence-electron chi connectivity index (χ4n) is 0.730. The van der Waals surface area contributed by atoms with Crippen molar-refractivity contribution in [1.82, 2.24) is 0 Å². The van der Waals surface area contributed by atoms with Gasteiger partial charge in [0.25, 0.3) is 0 Å². The maximum absolute atomic E-state index is 12.6. The highest BCUT2D eigenvalue weighted by atomic mass is 35.5. The summed E-state index contributed by atoms with van der Waals surface area (Å²) in [5.74, 6) is -19.3. The topological polar surface area (TPSA) is 0 Å². The highest BCUT2D eigenvalue weighted by molar-refractivity contribution is 6.44. The first kappa shape index (κ1) is 16.9. The molecule has 0 atom stereocenters. The summed E-state index contributed by atoms with van der Waals surface area (Å²) in [6.07, 6.45) is -9.07. The van der Waals surface area contributed by atoms with Crippen molar-refractivity contribution in [3.05, 3.63) is 0 Å². The molecule has 0 spiro atoms. The zero-order valence-corrected chi connectivity index (χ0v) is 8.95. The first-order valence-electron chi connectivity index (χ1n) is 3.65. The van der Waals surface area contributed by atoms with Crippen LogP contribution in [0.25, 0.3) is 0 Å². The molecule has 0 heterocycles. The van der Waals surface area contributed by atoms with E-state index in [4.69, 9.17) is 0 Å². The van der Waals surface area contributed by atoms with Gasteiger partial charge in [-0.15, -0.1) is 23.2 Å². The Labute approximate surface area is 98.7 Å². The van der Waals surface area contributed by atoms with Gasteiger partial charge in [-0.2, -0.15) is 39.5 Å². The Morgan fingerprint density at radius 2 is 1.06 bits per heavy atom. The minimum Gasteiger partial charge on any atom is -0.200 e. The van der Waals surface area contributed by atoms with Crippen molar-refractivity contribution in [2.45, 2.75) is 35.2 Å². The van der Waals surface area contributed by atoms with Gasteiger partial charge in [0.2, 0.25) is 0 Å². The van der Waals surface area contributed by atoms with Gasteiger partial charge in [0.1, 0.15) is 4.84 Å². The van der Waals surface area contributed by atoms with E-state index in [2.05, 4.69) is 23.2 Å². The molecule has 0 aliphatic rings. The summed E-state index contributed by atoms with van der Waals surface area (Å²) in [5.41, 5.74) is 0. The molecule has 0 aliphatic carbocycles. The number of halogens is 11. The molecule has 0 unspecified atom stereocenters. The van der Waals surface area contributed by atoms with Crippen LogP contribution in [0.4, 0.5) is 39.5 Å². The number of hydrogen-bond donors (Lipinski definition) is 0. The fraction of sp³-hybridized carbons (Fsp3) is 1.00. The largest absolute Gasteiger partial charge is 0.460 e. The lowest BCUT2D eigenvalue weighted by atomic mass is 10.0. The lowest BCUT2D eigenvalue weighted by Gasteiger charge is -2.33. The highest BCUT2D eigenvalue weighted by Crippen LogP contribution is 2.54. The summed E-state index contributed by atoms with van der Waals surface area (Å²) in [5, 5.41) is 0. The molecule has 0 amide bonds.